The van der Waals surface area contributed by atoms with Crippen LogP contribution in [0.3, 0.4) is 0 Å². The van der Waals surface area contributed by atoms with Crippen LogP contribution in [-0.4, -0.2) is 41.1 Å². The summed E-state index contributed by atoms with van der Waals surface area (Å²) in [5.74, 6) is -0.188. The molecule has 110 valence electrons. The fraction of sp³-hybridized carbons (Fsp3) is 0.857. The van der Waals surface area contributed by atoms with E-state index in [9.17, 15) is 9.59 Å². The largest absolute Gasteiger partial charge is 0.481 e. The van der Waals surface area contributed by atoms with Crippen molar-refractivity contribution in [3.05, 3.63) is 0 Å². The van der Waals surface area contributed by atoms with Crippen molar-refractivity contribution in [1.29, 1.82) is 0 Å². The highest BCUT2D eigenvalue weighted by atomic mass is 16.4. The Hall–Kier alpha value is -1.26. The third-order valence-corrected chi connectivity index (χ3v) is 3.69. The number of hydrogen-bond donors (Lipinski definition) is 2. The maximum absolute atomic E-state index is 12.1. The van der Waals surface area contributed by atoms with E-state index in [1.807, 2.05) is 13.8 Å². The molecule has 1 aliphatic carbocycles. The van der Waals surface area contributed by atoms with Gasteiger partial charge in [-0.3, -0.25) is 4.79 Å². The molecule has 2 amide bonds. The molecule has 2 N–H and O–H groups in total. The monoisotopic (exact) mass is 270 g/mol. The van der Waals surface area contributed by atoms with Crippen molar-refractivity contribution in [3.63, 3.8) is 0 Å². The summed E-state index contributed by atoms with van der Waals surface area (Å²) in [7, 11) is 0. The van der Waals surface area contributed by atoms with Crippen molar-refractivity contribution in [2.45, 2.75) is 58.4 Å². The van der Waals surface area contributed by atoms with Crippen LogP contribution < -0.4 is 5.32 Å². The van der Waals surface area contributed by atoms with E-state index in [1.54, 1.807) is 4.90 Å². The van der Waals surface area contributed by atoms with E-state index >= 15 is 0 Å². The summed E-state index contributed by atoms with van der Waals surface area (Å²) in [6.07, 6.45) is 5.57. The average molecular weight is 270 g/mol. The first-order valence-corrected chi connectivity index (χ1v) is 7.27. The summed E-state index contributed by atoms with van der Waals surface area (Å²) in [5, 5.41) is 11.6. The van der Waals surface area contributed by atoms with Gasteiger partial charge in [-0.2, -0.15) is 0 Å². The van der Waals surface area contributed by atoms with Crippen LogP contribution in [0.2, 0.25) is 0 Å². The minimum Gasteiger partial charge on any atom is -0.481 e. The number of nitrogens with one attached hydrogen (secondary N) is 1. The second-order valence-electron chi connectivity index (χ2n) is 5.62. The highest BCUT2D eigenvalue weighted by molar-refractivity contribution is 5.74. The molecular weight excluding hydrogens is 244 g/mol. The van der Waals surface area contributed by atoms with Crippen LogP contribution in [-0.2, 0) is 4.79 Å². The number of urea groups is 1. The van der Waals surface area contributed by atoms with E-state index in [-0.39, 0.29) is 18.5 Å². The van der Waals surface area contributed by atoms with Gasteiger partial charge < -0.3 is 15.3 Å². The molecule has 0 bridgehead atoms. The number of carbonyl (C=O) groups is 2. The van der Waals surface area contributed by atoms with E-state index in [0.717, 1.165) is 6.54 Å². The fourth-order valence-corrected chi connectivity index (χ4v) is 2.54. The zero-order chi connectivity index (χ0) is 14.3. The lowest BCUT2D eigenvalue weighted by molar-refractivity contribution is -0.137. The van der Waals surface area contributed by atoms with Gasteiger partial charge in [-0.05, 0) is 39.0 Å². The second kappa shape index (κ2) is 8.02. The molecular formula is C14H26N2O3. The Morgan fingerprint density at radius 3 is 2.47 bits per heavy atom. The molecule has 0 aliphatic heterocycles. The first-order chi connectivity index (χ1) is 9.00. The van der Waals surface area contributed by atoms with E-state index in [2.05, 4.69) is 5.32 Å². The van der Waals surface area contributed by atoms with Gasteiger partial charge in [-0.25, -0.2) is 4.79 Å². The molecule has 0 saturated heterocycles. The Labute approximate surface area is 115 Å². The van der Waals surface area contributed by atoms with Crippen LogP contribution in [0.4, 0.5) is 4.79 Å². The van der Waals surface area contributed by atoms with Gasteiger partial charge in [0.2, 0.25) is 0 Å². The lowest BCUT2D eigenvalue weighted by Crippen LogP contribution is -2.45. The molecule has 0 radical (unpaired) electrons. The van der Waals surface area contributed by atoms with Crippen molar-refractivity contribution >= 4 is 12.0 Å². The van der Waals surface area contributed by atoms with Crippen molar-refractivity contribution in [1.82, 2.24) is 10.2 Å². The van der Waals surface area contributed by atoms with Crippen LogP contribution >= 0.6 is 0 Å². The molecule has 0 aromatic heterocycles. The first kappa shape index (κ1) is 15.8. The van der Waals surface area contributed by atoms with Gasteiger partial charge in [0.05, 0.1) is 0 Å². The highest BCUT2D eigenvalue weighted by Gasteiger charge is 2.20. The minimum absolute atomic E-state index is 0.0627. The first-order valence-electron chi connectivity index (χ1n) is 7.27. The number of hydrogen-bond acceptors (Lipinski definition) is 2. The Morgan fingerprint density at radius 1 is 1.32 bits per heavy atom. The van der Waals surface area contributed by atoms with Gasteiger partial charge >= 0.3 is 12.0 Å². The maximum atomic E-state index is 12.1. The summed E-state index contributed by atoms with van der Waals surface area (Å²) in [6, 6.07) is 0.0321. The van der Waals surface area contributed by atoms with Crippen LogP contribution in [0.1, 0.15) is 52.4 Å². The maximum Gasteiger partial charge on any atom is 0.317 e. The number of nitrogens with zero attached hydrogens (tertiary/aromatic N) is 1. The van der Waals surface area contributed by atoms with Crippen molar-refractivity contribution in [2.75, 3.05) is 13.1 Å². The quantitative estimate of drug-likeness (QED) is 0.746. The number of aliphatic carboxylic acids is 1. The Kier molecular flexibility index (Phi) is 6.67. The van der Waals surface area contributed by atoms with Crippen LogP contribution in [0, 0.1) is 5.92 Å². The smallest absolute Gasteiger partial charge is 0.317 e. The summed E-state index contributed by atoms with van der Waals surface area (Å²) in [6.45, 7) is 5.16. The fourth-order valence-electron chi connectivity index (χ4n) is 2.54. The Balaban J connectivity index is 2.32. The van der Waals surface area contributed by atoms with Gasteiger partial charge in [0.1, 0.15) is 0 Å². The molecule has 5 nitrogen and oxygen atoms in total. The Morgan fingerprint density at radius 2 is 1.95 bits per heavy atom. The number of carbonyl (C=O) groups excluding carboxylic acids is 1. The molecule has 1 rings (SSSR count). The third-order valence-electron chi connectivity index (χ3n) is 3.69. The molecule has 0 atom stereocenters. The molecule has 1 saturated carbocycles. The van der Waals surface area contributed by atoms with E-state index in [4.69, 9.17) is 5.11 Å². The zero-order valence-corrected chi connectivity index (χ0v) is 12.0. The zero-order valence-electron chi connectivity index (χ0n) is 12.0. The molecule has 19 heavy (non-hydrogen) atoms. The molecule has 1 fully saturated rings. The van der Waals surface area contributed by atoms with Gasteiger partial charge in [0.15, 0.2) is 0 Å². The van der Waals surface area contributed by atoms with Gasteiger partial charge in [-0.1, -0.05) is 12.8 Å². The third kappa shape index (κ3) is 5.94. The molecule has 0 unspecified atom stereocenters. The molecule has 1 aliphatic rings. The summed E-state index contributed by atoms with van der Waals surface area (Å²) in [5.41, 5.74) is 0. The molecule has 0 aromatic carbocycles. The van der Waals surface area contributed by atoms with Gasteiger partial charge in [0.25, 0.3) is 0 Å². The van der Waals surface area contributed by atoms with Crippen molar-refractivity contribution in [2.24, 2.45) is 5.92 Å². The predicted molar refractivity (Wildman–Crippen MR) is 74.1 cm³/mol. The van der Waals surface area contributed by atoms with Crippen LogP contribution in [0.5, 0.6) is 0 Å². The number of carboxylic acid groups (broad SMARTS) is 1. The molecule has 0 heterocycles. The topological polar surface area (TPSA) is 69.6 Å². The standard InChI is InChI=1S/C14H26N2O3/c1-11(2)16(9-5-8-13(17)18)14(19)15-10-12-6-3-4-7-12/h11-12H,3-10H2,1-2H3,(H,15,19)(H,17,18). The number of carboxylic acids is 1. The minimum atomic E-state index is -0.810. The summed E-state index contributed by atoms with van der Waals surface area (Å²) >= 11 is 0. The van der Waals surface area contributed by atoms with Crippen LogP contribution in [0.25, 0.3) is 0 Å². The average Bonchev–Trinajstić information content (AvgIpc) is 2.84. The lowest BCUT2D eigenvalue weighted by atomic mass is 10.1. The number of amides is 2. The van der Waals surface area contributed by atoms with Crippen LogP contribution in [0.15, 0.2) is 0 Å². The van der Waals surface area contributed by atoms with E-state index in [0.29, 0.717) is 18.9 Å². The second-order valence-corrected chi connectivity index (χ2v) is 5.62. The van der Waals surface area contributed by atoms with E-state index in [1.165, 1.54) is 25.7 Å². The summed E-state index contributed by atoms with van der Waals surface area (Å²) in [4.78, 5) is 24.3. The van der Waals surface area contributed by atoms with Gasteiger partial charge in [-0.15, -0.1) is 0 Å². The van der Waals surface area contributed by atoms with Crippen molar-refractivity contribution < 1.29 is 14.7 Å². The predicted octanol–water partition coefficient (Wildman–Crippen LogP) is 2.46. The summed E-state index contributed by atoms with van der Waals surface area (Å²) < 4.78 is 0. The highest BCUT2D eigenvalue weighted by Crippen LogP contribution is 2.23. The molecule has 0 aromatic rings. The number of rotatable bonds is 7. The molecule has 0 spiro atoms. The van der Waals surface area contributed by atoms with Gasteiger partial charge in [0, 0.05) is 25.6 Å². The van der Waals surface area contributed by atoms with Crippen molar-refractivity contribution in [3.8, 4) is 0 Å². The molecule has 5 heteroatoms. The lowest BCUT2D eigenvalue weighted by Gasteiger charge is -2.27. The normalized spacial score (nSPS) is 15.7. The van der Waals surface area contributed by atoms with E-state index < -0.39 is 5.97 Å². The SMILES string of the molecule is CC(C)N(CCCC(=O)O)C(=O)NCC1CCCC1. The Bertz CT molecular complexity index is 299.